The highest BCUT2D eigenvalue weighted by Gasteiger charge is 2.08. The van der Waals surface area contributed by atoms with E-state index >= 15 is 0 Å². The maximum atomic E-state index is 11.4. The fourth-order valence-electron chi connectivity index (χ4n) is 3.17. The lowest BCUT2D eigenvalue weighted by Crippen LogP contribution is -2.18. The van der Waals surface area contributed by atoms with Gasteiger partial charge in [0.05, 0.1) is 7.11 Å². The molecule has 0 saturated carbocycles. The standard InChI is InChI=1S/C22H19N3O3/c1-28-20-8-6-16(7-9-20)19-12-18-10-11-25(21(18)23-13-19)14-15-2-4-17(5-3-15)22(26)24-27/h2-13,27H,14H2,1H3,(H,24,26). The first kappa shape index (κ1) is 17.8. The molecule has 140 valence electrons. The molecule has 2 N–H and O–H groups in total. The van der Waals surface area contributed by atoms with Crippen LogP contribution in [0, 0.1) is 0 Å². The van der Waals surface area contributed by atoms with Gasteiger partial charge >= 0.3 is 0 Å². The third kappa shape index (κ3) is 3.45. The summed E-state index contributed by atoms with van der Waals surface area (Å²) in [6.45, 7) is 0.638. The van der Waals surface area contributed by atoms with Crippen molar-refractivity contribution >= 4 is 16.9 Å². The zero-order valence-corrected chi connectivity index (χ0v) is 15.3. The highest BCUT2D eigenvalue weighted by Crippen LogP contribution is 2.25. The zero-order chi connectivity index (χ0) is 19.5. The number of hydroxylamine groups is 1. The van der Waals surface area contributed by atoms with E-state index in [1.54, 1.807) is 24.7 Å². The second kappa shape index (κ2) is 7.54. The Morgan fingerprint density at radius 1 is 1.07 bits per heavy atom. The van der Waals surface area contributed by atoms with Gasteiger partial charge in [-0.25, -0.2) is 10.5 Å². The monoisotopic (exact) mass is 373 g/mol. The highest BCUT2D eigenvalue weighted by atomic mass is 16.5. The van der Waals surface area contributed by atoms with E-state index in [-0.39, 0.29) is 0 Å². The number of methoxy groups -OCH3 is 1. The average Bonchev–Trinajstić information content (AvgIpc) is 3.15. The molecule has 2 aromatic carbocycles. The number of amides is 1. The first-order valence-corrected chi connectivity index (χ1v) is 8.80. The molecule has 0 fully saturated rings. The minimum atomic E-state index is -0.523. The van der Waals surface area contributed by atoms with Crippen LogP contribution in [0.25, 0.3) is 22.2 Å². The van der Waals surface area contributed by atoms with E-state index < -0.39 is 5.91 Å². The van der Waals surface area contributed by atoms with Crippen LogP contribution in [0.4, 0.5) is 0 Å². The van der Waals surface area contributed by atoms with Gasteiger partial charge in [0.25, 0.3) is 5.91 Å². The number of carbonyl (C=O) groups excluding carboxylic acids is 1. The Kier molecular flexibility index (Phi) is 4.78. The first-order valence-electron chi connectivity index (χ1n) is 8.80. The van der Waals surface area contributed by atoms with Crippen molar-refractivity contribution in [2.24, 2.45) is 0 Å². The van der Waals surface area contributed by atoms with Crippen molar-refractivity contribution < 1.29 is 14.7 Å². The van der Waals surface area contributed by atoms with Crippen LogP contribution in [-0.2, 0) is 6.54 Å². The van der Waals surface area contributed by atoms with Gasteiger partial charge in [0.15, 0.2) is 0 Å². The number of hydrogen-bond acceptors (Lipinski definition) is 4. The van der Waals surface area contributed by atoms with Crippen LogP contribution in [0.3, 0.4) is 0 Å². The molecular weight excluding hydrogens is 354 g/mol. The summed E-state index contributed by atoms with van der Waals surface area (Å²) in [5, 5.41) is 9.76. The van der Waals surface area contributed by atoms with E-state index in [0.717, 1.165) is 33.5 Å². The highest BCUT2D eigenvalue weighted by molar-refractivity contribution is 5.93. The molecule has 0 bridgehead atoms. The SMILES string of the molecule is COc1ccc(-c2cnc3c(ccn3Cc3ccc(C(=O)NO)cc3)c2)cc1. The fraction of sp³-hybridized carbons (Fsp3) is 0.0909. The molecule has 0 spiro atoms. The molecule has 0 aliphatic carbocycles. The molecule has 0 saturated heterocycles. The summed E-state index contributed by atoms with van der Waals surface area (Å²) in [6.07, 6.45) is 3.87. The molecule has 0 radical (unpaired) electrons. The maximum absolute atomic E-state index is 11.4. The van der Waals surface area contributed by atoms with Gasteiger partial charge in [-0.2, -0.15) is 0 Å². The number of nitrogens with zero attached hydrogens (tertiary/aromatic N) is 2. The molecule has 2 heterocycles. The summed E-state index contributed by atoms with van der Waals surface area (Å²) in [6, 6.07) is 19.2. The molecule has 0 aliphatic rings. The van der Waals surface area contributed by atoms with E-state index in [4.69, 9.17) is 9.94 Å². The normalized spacial score (nSPS) is 10.8. The fourth-order valence-corrected chi connectivity index (χ4v) is 3.17. The smallest absolute Gasteiger partial charge is 0.274 e. The van der Waals surface area contributed by atoms with Crippen LogP contribution in [0.2, 0.25) is 0 Å². The maximum Gasteiger partial charge on any atom is 0.274 e. The third-order valence-electron chi connectivity index (χ3n) is 4.70. The van der Waals surface area contributed by atoms with Crippen LogP contribution < -0.4 is 10.2 Å². The topological polar surface area (TPSA) is 76.4 Å². The van der Waals surface area contributed by atoms with Crippen LogP contribution in [-0.4, -0.2) is 27.8 Å². The second-order valence-electron chi connectivity index (χ2n) is 6.45. The molecule has 2 aromatic heterocycles. The van der Waals surface area contributed by atoms with Crippen LogP contribution >= 0.6 is 0 Å². The molecule has 6 heteroatoms. The molecule has 0 aliphatic heterocycles. The van der Waals surface area contributed by atoms with Gasteiger partial charge in [0.2, 0.25) is 0 Å². The van der Waals surface area contributed by atoms with E-state index in [0.29, 0.717) is 12.1 Å². The Labute approximate surface area is 162 Å². The average molecular weight is 373 g/mol. The first-order chi connectivity index (χ1) is 13.7. The third-order valence-corrected chi connectivity index (χ3v) is 4.70. The molecule has 1 amide bonds. The Bertz CT molecular complexity index is 1120. The van der Waals surface area contributed by atoms with Crippen molar-refractivity contribution in [1.29, 1.82) is 0 Å². The lowest BCUT2D eigenvalue weighted by molar-refractivity contribution is 0.0706. The lowest BCUT2D eigenvalue weighted by Gasteiger charge is -2.07. The second-order valence-corrected chi connectivity index (χ2v) is 6.45. The molecule has 4 rings (SSSR count). The van der Waals surface area contributed by atoms with E-state index in [1.807, 2.05) is 54.9 Å². The summed E-state index contributed by atoms with van der Waals surface area (Å²) in [4.78, 5) is 16.1. The zero-order valence-electron chi connectivity index (χ0n) is 15.3. The number of benzene rings is 2. The number of ether oxygens (including phenoxy) is 1. The predicted molar refractivity (Wildman–Crippen MR) is 107 cm³/mol. The van der Waals surface area contributed by atoms with Crippen molar-refractivity contribution in [2.75, 3.05) is 7.11 Å². The summed E-state index contributed by atoms with van der Waals surface area (Å²) >= 11 is 0. The molecule has 6 nitrogen and oxygen atoms in total. The van der Waals surface area contributed by atoms with Gasteiger partial charge in [-0.05, 0) is 47.5 Å². The summed E-state index contributed by atoms with van der Waals surface area (Å²) in [5.74, 6) is 0.303. The van der Waals surface area contributed by atoms with Crippen LogP contribution in [0.15, 0.2) is 73.1 Å². The number of carbonyl (C=O) groups is 1. The van der Waals surface area contributed by atoms with Crippen molar-refractivity contribution in [3.63, 3.8) is 0 Å². The predicted octanol–water partition coefficient (Wildman–Crippen LogP) is 3.88. The molecule has 4 aromatic rings. The van der Waals surface area contributed by atoms with E-state index in [1.165, 1.54) is 0 Å². The van der Waals surface area contributed by atoms with Gasteiger partial charge in [-0.1, -0.05) is 24.3 Å². The molecule has 0 unspecified atom stereocenters. The number of pyridine rings is 1. The Morgan fingerprint density at radius 3 is 2.50 bits per heavy atom. The van der Waals surface area contributed by atoms with Crippen molar-refractivity contribution in [1.82, 2.24) is 15.0 Å². The van der Waals surface area contributed by atoms with Gasteiger partial charge in [-0.15, -0.1) is 0 Å². The summed E-state index contributed by atoms with van der Waals surface area (Å²) in [5.41, 5.74) is 6.11. The largest absolute Gasteiger partial charge is 0.497 e. The molecule has 0 atom stereocenters. The minimum absolute atomic E-state index is 0.408. The van der Waals surface area contributed by atoms with Crippen LogP contribution in [0.1, 0.15) is 15.9 Å². The van der Waals surface area contributed by atoms with Crippen LogP contribution in [0.5, 0.6) is 5.75 Å². The number of nitrogens with one attached hydrogen (secondary N) is 1. The number of fused-ring (bicyclic) bond motifs is 1. The number of aromatic nitrogens is 2. The quantitative estimate of drug-likeness (QED) is 0.411. The van der Waals surface area contributed by atoms with Gasteiger partial charge < -0.3 is 9.30 Å². The van der Waals surface area contributed by atoms with Crippen molar-refractivity contribution in [2.45, 2.75) is 6.54 Å². The van der Waals surface area contributed by atoms with E-state index in [2.05, 4.69) is 15.6 Å². The molecular formula is C22H19N3O3. The summed E-state index contributed by atoms with van der Waals surface area (Å²) in [7, 11) is 1.65. The van der Waals surface area contributed by atoms with Gasteiger partial charge in [-0.3, -0.25) is 10.0 Å². The Balaban J connectivity index is 1.58. The molecule has 28 heavy (non-hydrogen) atoms. The van der Waals surface area contributed by atoms with Gasteiger partial charge in [0, 0.05) is 35.5 Å². The van der Waals surface area contributed by atoms with Crippen molar-refractivity contribution in [3.05, 3.63) is 84.2 Å². The number of rotatable bonds is 5. The Hall–Kier alpha value is -3.64. The minimum Gasteiger partial charge on any atom is -0.497 e. The van der Waals surface area contributed by atoms with E-state index in [9.17, 15) is 4.79 Å². The van der Waals surface area contributed by atoms with Gasteiger partial charge in [0.1, 0.15) is 11.4 Å². The Morgan fingerprint density at radius 2 is 1.82 bits per heavy atom. The lowest BCUT2D eigenvalue weighted by atomic mass is 10.1. The summed E-state index contributed by atoms with van der Waals surface area (Å²) < 4.78 is 7.27. The van der Waals surface area contributed by atoms with Crippen molar-refractivity contribution in [3.8, 4) is 16.9 Å². The number of hydrogen-bond donors (Lipinski definition) is 2.